The summed E-state index contributed by atoms with van der Waals surface area (Å²) in [6, 6.07) is 8.32. The molecular formula is C12H11NO4. The fourth-order valence-electron chi connectivity index (χ4n) is 1.70. The van der Waals surface area contributed by atoms with E-state index in [1.54, 1.807) is 31.3 Å². The highest BCUT2D eigenvalue weighted by Crippen LogP contribution is 2.23. The lowest BCUT2D eigenvalue weighted by atomic mass is 10.2. The molecule has 2 rings (SSSR count). The maximum Gasteiger partial charge on any atom is 0.338 e. The second-order valence-corrected chi connectivity index (χ2v) is 3.70. The number of hydrogen-bond acceptors (Lipinski definition) is 4. The van der Waals surface area contributed by atoms with E-state index in [2.05, 4.69) is 0 Å². The number of rotatable bonds is 3. The molecule has 0 aliphatic carbocycles. The lowest BCUT2D eigenvalue weighted by Gasteiger charge is -2.17. The van der Waals surface area contributed by atoms with Crippen LogP contribution in [-0.4, -0.2) is 24.7 Å². The van der Waals surface area contributed by atoms with Gasteiger partial charge in [-0.25, -0.2) is 4.79 Å². The second kappa shape index (κ2) is 4.29. The monoisotopic (exact) mass is 233 g/mol. The van der Waals surface area contributed by atoms with Gasteiger partial charge in [-0.3, -0.25) is 4.79 Å². The van der Waals surface area contributed by atoms with Gasteiger partial charge in [0.2, 0.25) is 0 Å². The van der Waals surface area contributed by atoms with Crippen molar-refractivity contribution in [2.75, 3.05) is 18.5 Å². The van der Waals surface area contributed by atoms with Crippen LogP contribution in [0.25, 0.3) is 11.0 Å². The summed E-state index contributed by atoms with van der Waals surface area (Å²) in [6.45, 7) is -0.173. The Morgan fingerprint density at radius 1 is 1.41 bits per heavy atom. The lowest BCUT2D eigenvalue weighted by Crippen LogP contribution is -2.26. The van der Waals surface area contributed by atoms with E-state index in [1.165, 1.54) is 11.0 Å². The first-order valence-electron chi connectivity index (χ1n) is 5.04. The maximum absolute atomic E-state index is 11.4. The summed E-state index contributed by atoms with van der Waals surface area (Å²) in [4.78, 5) is 23.5. The van der Waals surface area contributed by atoms with Gasteiger partial charge in [0.05, 0.1) is 5.69 Å². The van der Waals surface area contributed by atoms with Gasteiger partial charge in [0.25, 0.3) is 0 Å². The van der Waals surface area contributed by atoms with Crippen molar-refractivity contribution in [2.45, 2.75) is 0 Å². The number of para-hydroxylation sites is 1. The Morgan fingerprint density at radius 2 is 2.12 bits per heavy atom. The largest absolute Gasteiger partial charge is 0.480 e. The Kier molecular flexibility index (Phi) is 2.82. The van der Waals surface area contributed by atoms with Crippen LogP contribution in [-0.2, 0) is 4.79 Å². The third-order valence-corrected chi connectivity index (χ3v) is 2.41. The molecule has 1 heterocycles. The number of anilines is 1. The predicted octanol–water partition coefficient (Wildman–Crippen LogP) is 1.31. The highest BCUT2D eigenvalue weighted by Gasteiger charge is 2.11. The van der Waals surface area contributed by atoms with Crippen LogP contribution in [0.2, 0.25) is 0 Å². The van der Waals surface area contributed by atoms with E-state index in [9.17, 15) is 9.59 Å². The van der Waals surface area contributed by atoms with E-state index in [-0.39, 0.29) is 6.54 Å². The SMILES string of the molecule is CN(CC(=O)O)c1cc(=O)oc2ccccc12. The van der Waals surface area contributed by atoms with Crippen molar-refractivity contribution >= 4 is 22.6 Å². The molecule has 5 heteroatoms. The van der Waals surface area contributed by atoms with Crippen LogP contribution in [0.3, 0.4) is 0 Å². The van der Waals surface area contributed by atoms with Gasteiger partial charge >= 0.3 is 11.6 Å². The van der Waals surface area contributed by atoms with E-state index < -0.39 is 11.6 Å². The molecule has 0 saturated heterocycles. The number of carboxylic acid groups (broad SMARTS) is 1. The predicted molar refractivity (Wildman–Crippen MR) is 63.4 cm³/mol. The average molecular weight is 233 g/mol. The summed E-state index contributed by atoms with van der Waals surface area (Å²) in [7, 11) is 1.62. The Hall–Kier alpha value is -2.30. The van der Waals surface area contributed by atoms with Crippen molar-refractivity contribution < 1.29 is 14.3 Å². The summed E-state index contributed by atoms with van der Waals surface area (Å²) >= 11 is 0. The summed E-state index contributed by atoms with van der Waals surface area (Å²) in [5, 5.41) is 9.46. The minimum atomic E-state index is -0.954. The molecule has 1 N–H and O–H groups in total. The smallest absolute Gasteiger partial charge is 0.338 e. The zero-order valence-corrected chi connectivity index (χ0v) is 9.21. The van der Waals surface area contributed by atoms with Crippen LogP contribution in [0, 0.1) is 0 Å². The standard InChI is InChI=1S/C12H11NO4/c1-13(7-11(14)15)9-6-12(16)17-10-5-3-2-4-8(9)10/h2-6H,7H2,1H3,(H,14,15). The fraction of sp³-hybridized carbons (Fsp3) is 0.167. The molecule has 0 spiro atoms. The molecule has 0 fully saturated rings. The van der Waals surface area contributed by atoms with Gasteiger partial charge in [0.1, 0.15) is 12.1 Å². The van der Waals surface area contributed by atoms with Crippen molar-refractivity contribution in [1.29, 1.82) is 0 Å². The van der Waals surface area contributed by atoms with E-state index in [4.69, 9.17) is 9.52 Å². The minimum absolute atomic E-state index is 0.173. The van der Waals surface area contributed by atoms with Crippen molar-refractivity contribution in [2.24, 2.45) is 0 Å². The number of carboxylic acids is 1. The van der Waals surface area contributed by atoms with Gasteiger partial charge in [-0.2, -0.15) is 0 Å². The maximum atomic E-state index is 11.4. The molecule has 0 aliphatic heterocycles. The van der Waals surface area contributed by atoms with Gasteiger partial charge in [-0.15, -0.1) is 0 Å². The van der Waals surface area contributed by atoms with E-state index in [1.807, 2.05) is 0 Å². The number of aliphatic carboxylic acids is 1. The first-order valence-corrected chi connectivity index (χ1v) is 5.04. The number of hydrogen-bond donors (Lipinski definition) is 1. The Labute approximate surface area is 96.9 Å². The number of nitrogens with zero attached hydrogens (tertiary/aromatic N) is 1. The van der Waals surface area contributed by atoms with Crippen LogP contribution in [0.4, 0.5) is 5.69 Å². The van der Waals surface area contributed by atoms with Crippen LogP contribution in [0.15, 0.2) is 39.5 Å². The van der Waals surface area contributed by atoms with Crippen LogP contribution in [0.5, 0.6) is 0 Å². The zero-order chi connectivity index (χ0) is 12.4. The van der Waals surface area contributed by atoms with Gasteiger partial charge in [0, 0.05) is 18.5 Å². The molecule has 2 aromatic rings. The number of benzene rings is 1. The average Bonchev–Trinajstić information content (AvgIpc) is 2.26. The molecule has 0 bridgehead atoms. The molecule has 17 heavy (non-hydrogen) atoms. The quantitative estimate of drug-likeness (QED) is 0.809. The van der Waals surface area contributed by atoms with E-state index >= 15 is 0 Å². The van der Waals surface area contributed by atoms with Gasteiger partial charge in [-0.05, 0) is 12.1 Å². The third kappa shape index (κ3) is 2.28. The summed E-state index contributed by atoms with van der Waals surface area (Å²) in [5.74, 6) is -0.954. The van der Waals surface area contributed by atoms with E-state index in [0.29, 0.717) is 11.3 Å². The molecule has 1 aromatic carbocycles. The molecule has 88 valence electrons. The zero-order valence-electron chi connectivity index (χ0n) is 9.21. The third-order valence-electron chi connectivity index (χ3n) is 2.41. The summed E-state index contributed by atoms with van der Waals surface area (Å²) in [6.07, 6.45) is 0. The van der Waals surface area contributed by atoms with Gasteiger partial charge < -0.3 is 14.4 Å². The molecule has 5 nitrogen and oxygen atoms in total. The number of likely N-dealkylation sites (N-methyl/N-ethyl adjacent to an activating group) is 1. The van der Waals surface area contributed by atoms with Crippen molar-refractivity contribution in [3.8, 4) is 0 Å². The first-order chi connectivity index (χ1) is 8.08. The van der Waals surface area contributed by atoms with Crippen molar-refractivity contribution in [3.05, 3.63) is 40.8 Å². The Morgan fingerprint density at radius 3 is 2.82 bits per heavy atom. The van der Waals surface area contributed by atoms with Crippen LogP contribution < -0.4 is 10.5 Å². The second-order valence-electron chi connectivity index (χ2n) is 3.70. The van der Waals surface area contributed by atoms with Crippen LogP contribution in [0.1, 0.15) is 0 Å². The minimum Gasteiger partial charge on any atom is -0.480 e. The van der Waals surface area contributed by atoms with E-state index in [0.717, 1.165) is 5.39 Å². The van der Waals surface area contributed by atoms with Crippen LogP contribution >= 0.6 is 0 Å². The number of carbonyl (C=O) groups is 1. The molecule has 0 saturated carbocycles. The van der Waals surface area contributed by atoms with Gasteiger partial charge in [0.15, 0.2) is 0 Å². The normalized spacial score (nSPS) is 10.4. The highest BCUT2D eigenvalue weighted by molar-refractivity contribution is 5.91. The van der Waals surface area contributed by atoms with Gasteiger partial charge in [-0.1, -0.05) is 12.1 Å². The highest BCUT2D eigenvalue weighted by atomic mass is 16.4. The molecule has 0 radical (unpaired) electrons. The first kappa shape index (κ1) is 11.2. The topological polar surface area (TPSA) is 70.8 Å². The van der Waals surface area contributed by atoms with Crippen molar-refractivity contribution in [1.82, 2.24) is 0 Å². The molecular weight excluding hydrogens is 222 g/mol. The molecule has 0 unspecified atom stereocenters. The molecule has 0 amide bonds. The van der Waals surface area contributed by atoms with Crippen molar-refractivity contribution in [3.63, 3.8) is 0 Å². The lowest BCUT2D eigenvalue weighted by molar-refractivity contribution is -0.135. The molecule has 0 aliphatic rings. The fourth-order valence-corrected chi connectivity index (χ4v) is 1.70. The summed E-state index contributed by atoms with van der Waals surface area (Å²) < 4.78 is 5.03. The molecule has 0 atom stereocenters. The molecule has 1 aromatic heterocycles. The Balaban J connectivity index is 2.59. The number of fused-ring (bicyclic) bond motifs is 1. The summed E-state index contributed by atoms with van der Waals surface area (Å²) in [5.41, 5.74) is 0.516. The Bertz CT molecular complexity index is 617.